The Hall–Kier alpha value is -2.32. The fourth-order valence-corrected chi connectivity index (χ4v) is 5.16. The minimum atomic E-state index is -1.12. The second-order valence-corrected chi connectivity index (χ2v) is 7.90. The van der Waals surface area contributed by atoms with Crippen LogP contribution >= 0.6 is 11.8 Å². The lowest BCUT2D eigenvalue weighted by Gasteiger charge is -2.50. The molecule has 0 spiro atoms. The zero-order chi connectivity index (χ0) is 19.0. The predicted molar refractivity (Wildman–Crippen MR) is 98.8 cm³/mol. The highest BCUT2D eigenvalue weighted by atomic mass is 32.2. The van der Waals surface area contributed by atoms with Crippen LogP contribution in [0.1, 0.15) is 18.4 Å². The number of carbonyl (C=O) groups excluding carboxylic acids is 2. The molecular weight excluding hydrogens is 368 g/mol. The normalized spacial score (nSPS) is 27.2. The van der Waals surface area contributed by atoms with Gasteiger partial charge < -0.3 is 15.2 Å². The average molecular weight is 388 g/mol. The number of thioether (sulfide) groups is 1. The van der Waals surface area contributed by atoms with E-state index in [4.69, 9.17) is 4.74 Å². The standard InChI is InChI=1S/C19H20N2O5S/c22-14(9-11-5-2-1-3-6-11)20-15-17(23)21-16(19(24)25)12(10-27-18(15)21)13-7-4-8-26-13/h1-3,5-6,13,15,18H,4,7-10H2,(H,20,22)(H,24,25)/t13?,15-,18-/m1/s1. The first-order valence-corrected chi connectivity index (χ1v) is 9.97. The number of carboxylic acid groups (broad SMARTS) is 1. The molecule has 3 heterocycles. The Kier molecular flexibility index (Phi) is 4.92. The van der Waals surface area contributed by atoms with Crippen LogP contribution in [0.3, 0.4) is 0 Å². The van der Waals surface area contributed by atoms with Gasteiger partial charge in [0.25, 0.3) is 5.91 Å². The van der Waals surface area contributed by atoms with Crippen LogP contribution in [0.5, 0.6) is 0 Å². The fraction of sp³-hybridized carbons (Fsp3) is 0.421. The summed E-state index contributed by atoms with van der Waals surface area (Å²) in [4.78, 5) is 38.0. The highest BCUT2D eigenvalue weighted by Gasteiger charge is 2.54. The van der Waals surface area contributed by atoms with Crippen molar-refractivity contribution in [2.75, 3.05) is 12.4 Å². The number of fused-ring (bicyclic) bond motifs is 1. The lowest BCUT2D eigenvalue weighted by molar-refractivity contribution is -0.150. The number of amides is 2. The van der Waals surface area contributed by atoms with Crippen LogP contribution in [0.25, 0.3) is 0 Å². The van der Waals surface area contributed by atoms with Gasteiger partial charge in [-0.1, -0.05) is 30.3 Å². The summed E-state index contributed by atoms with van der Waals surface area (Å²) in [7, 11) is 0. The third-order valence-electron chi connectivity index (χ3n) is 5.04. The van der Waals surface area contributed by atoms with Crippen molar-refractivity contribution in [3.8, 4) is 0 Å². The van der Waals surface area contributed by atoms with E-state index in [0.29, 0.717) is 17.9 Å². The molecule has 3 aliphatic heterocycles. The summed E-state index contributed by atoms with van der Waals surface area (Å²) < 4.78 is 5.63. The van der Waals surface area contributed by atoms with E-state index in [0.717, 1.165) is 18.4 Å². The second-order valence-electron chi connectivity index (χ2n) is 6.80. The number of hydrogen-bond donors (Lipinski definition) is 2. The minimum Gasteiger partial charge on any atom is -0.477 e. The average Bonchev–Trinajstić information content (AvgIpc) is 3.20. The van der Waals surface area contributed by atoms with Crippen LogP contribution in [0, 0.1) is 0 Å². The molecule has 0 radical (unpaired) electrons. The summed E-state index contributed by atoms with van der Waals surface area (Å²) >= 11 is 1.48. The van der Waals surface area contributed by atoms with Gasteiger partial charge in [-0.15, -0.1) is 11.8 Å². The van der Waals surface area contributed by atoms with Gasteiger partial charge >= 0.3 is 5.97 Å². The molecule has 27 heavy (non-hydrogen) atoms. The van der Waals surface area contributed by atoms with E-state index in [1.807, 2.05) is 30.3 Å². The van der Waals surface area contributed by atoms with Crippen molar-refractivity contribution in [3.63, 3.8) is 0 Å². The van der Waals surface area contributed by atoms with Gasteiger partial charge in [-0.05, 0) is 24.0 Å². The van der Waals surface area contributed by atoms with Gasteiger partial charge in [0.05, 0.1) is 12.5 Å². The molecule has 2 amide bonds. The molecule has 142 valence electrons. The highest BCUT2D eigenvalue weighted by molar-refractivity contribution is 8.00. The molecule has 0 aromatic heterocycles. The molecule has 1 aromatic carbocycles. The Bertz CT molecular complexity index is 804. The number of aliphatic carboxylic acids is 1. The van der Waals surface area contributed by atoms with E-state index >= 15 is 0 Å². The molecule has 2 saturated heterocycles. The van der Waals surface area contributed by atoms with Gasteiger partial charge in [0, 0.05) is 12.4 Å². The van der Waals surface area contributed by atoms with Crippen LogP contribution in [0.4, 0.5) is 0 Å². The largest absolute Gasteiger partial charge is 0.477 e. The summed E-state index contributed by atoms with van der Waals surface area (Å²) in [5.74, 6) is -1.24. The molecule has 1 aromatic rings. The van der Waals surface area contributed by atoms with E-state index in [9.17, 15) is 19.5 Å². The van der Waals surface area contributed by atoms with E-state index in [2.05, 4.69) is 5.32 Å². The summed E-state index contributed by atoms with van der Waals surface area (Å²) in [6, 6.07) is 8.59. The molecule has 0 aliphatic carbocycles. The maximum Gasteiger partial charge on any atom is 0.352 e. The molecule has 2 N–H and O–H groups in total. The number of carboxylic acids is 1. The Balaban J connectivity index is 1.47. The highest BCUT2D eigenvalue weighted by Crippen LogP contribution is 2.42. The number of rotatable bonds is 5. The first-order chi connectivity index (χ1) is 13.1. The number of nitrogens with zero attached hydrogens (tertiary/aromatic N) is 1. The molecule has 4 rings (SSSR count). The van der Waals surface area contributed by atoms with Crippen molar-refractivity contribution in [2.45, 2.75) is 36.8 Å². The van der Waals surface area contributed by atoms with Gasteiger partial charge in [-0.3, -0.25) is 14.5 Å². The van der Waals surface area contributed by atoms with Crippen molar-refractivity contribution in [3.05, 3.63) is 47.2 Å². The number of benzene rings is 1. The minimum absolute atomic E-state index is 0.0317. The molecule has 3 aliphatic rings. The predicted octanol–water partition coefficient (Wildman–Crippen LogP) is 1.15. The first kappa shape index (κ1) is 18.1. The van der Waals surface area contributed by atoms with Gasteiger partial charge in [0.15, 0.2) is 0 Å². The smallest absolute Gasteiger partial charge is 0.352 e. The van der Waals surface area contributed by atoms with Crippen LogP contribution in [0.15, 0.2) is 41.6 Å². The third-order valence-corrected chi connectivity index (χ3v) is 6.34. The summed E-state index contributed by atoms with van der Waals surface area (Å²) in [5.41, 5.74) is 1.56. The molecule has 0 saturated carbocycles. The molecule has 7 nitrogen and oxygen atoms in total. The maximum absolute atomic E-state index is 12.6. The van der Waals surface area contributed by atoms with Crippen LogP contribution in [0.2, 0.25) is 0 Å². The van der Waals surface area contributed by atoms with Crippen molar-refractivity contribution in [1.29, 1.82) is 0 Å². The molecule has 2 fully saturated rings. The van der Waals surface area contributed by atoms with E-state index < -0.39 is 12.0 Å². The second kappa shape index (κ2) is 7.36. The van der Waals surface area contributed by atoms with Crippen molar-refractivity contribution in [1.82, 2.24) is 10.2 Å². The zero-order valence-corrected chi connectivity index (χ0v) is 15.4. The van der Waals surface area contributed by atoms with Crippen molar-refractivity contribution >= 4 is 29.5 Å². The summed E-state index contributed by atoms with van der Waals surface area (Å²) in [5, 5.41) is 12.0. The van der Waals surface area contributed by atoms with Gasteiger partial charge in [-0.2, -0.15) is 0 Å². The molecule has 3 atom stereocenters. The Morgan fingerprint density at radius 3 is 2.74 bits per heavy atom. The van der Waals surface area contributed by atoms with Gasteiger partial charge in [-0.25, -0.2) is 4.79 Å². The topological polar surface area (TPSA) is 95.9 Å². The number of hydrogen-bond acceptors (Lipinski definition) is 5. The third kappa shape index (κ3) is 3.35. The van der Waals surface area contributed by atoms with Crippen molar-refractivity contribution < 1.29 is 24.2 Å². The van der Waals surface area contributed by atoms with E-state index in [1.54, 1.807) is 0 Å². The zero-order valence-electron chi connectivity index (χ0n) is 14.6. The number of β-lactam (4-membered cyclic amide) rings is 1. The van der Waals surface area contributed by atoms with Gasteiger partial charge in [0.1, 0.15) is 17.1 Å². The fourth-order valence-electron chi connectivity index (χ4n) is 3.75. The quantitative estimate of drug-likeness (QED) is 0.735. The Morgan fingerprint density at radius 2 is 2.07 bits per heavy atom. The monoisotopic (exact) mass is 388 g/mol. The lowest BCUT2D eigenvalue weighted by atomic mass is 9.99. The summed E-state index contributed by atoms with van der Waals surface area (Å²) in [6.45, 7) is 0.612. The maximum atomic E-state index is 12.6. The number of ether oxygens (including phenoxy) is 1. The molecule has 1 unspecified atom stereocenters. The number of nitrogens with one attached hydrogen (secondary N) is 1. The number of carbonyl (C=O) groups is 3. The van der Waals surface area contributed by atoms with Gasteiger partial charge in [0.2, 0.25) is 5.91 Å². The SMILES string of the molecule is O=C(Cc1ccccc1)N[C@@H]1C(=O)N2C(C(=O)O)=C(C3CCCO3)CS[C@H]12. The summed E-state index contributed by atoms with van der Waals surface area (Å²) in [6.07, 6.45) is 1.62. The Morgan fingerprint density at radius 1 is 1.30 bits per heavy atom. The first-order valence-electron chi connectivity index (χ1n) is 8.92. The van der Waals surface area contributed by atoms with Crippen LogP contribution in [-0.2, 0) is 25.5 Å². The van der Waals surface area contributed by atoms with Crippen LogP contribution < -0.4 is 5.32 Å². The van der Waals surface area contributed by atoms with E-state index in [-0.39, 0.29) is 35.4 Å². The lowest BCUT2D eigenvalue weighted by Crippen LogP contribution is -2.70. The Labute approximate surface area is 160 Å². The van der Waals surface area contributed by atoms with Crippen molar-refractivity contribution in [2.24, 2.45) is 0 Å². The van der Waals surface area contributed by atoms with Crippen LogP contribution in [-0.4, -0.2) is 57.7 Å². The molecular formula is C19H20N2O5S. The molecule has 8 heteroatoms. The van der Waals surface area contributed by atoms with E-state index in [1.165, 1.54) is 16.7 Å². The molecule has 0 bridgehead atoms.